The molecule has 5 heteroatoms. The second kappa shape index (κ2) is 6.31. The molecule has 1 unspecified atom stereocenters. The monoisotopic (exact) mass is 227 g/mol. The van der Waals surface area contributed by atoms with Gasteiger partial charge >= 0.3 is 0 Å². The fraction of sp³-hybridized carbons (Fsp3) is 0.300. The summed E-state index contributed by atoms with van der Waals surface area (Å²) in [5.74, 6) is 0.118. The highest BCUT2D eigenvalue weighted by molar-refractivity contribution is 7.84. The van der Waals surface area contributed by atoms with E-state index < -0.39 is 10.8 Å². The molecule has 1 atom stereocenters. The Morgan fingerprint density at radius 2 is 2.07 bits per heavy atom. The lowest BCUT2D eigenvalue weighted by atomic mass is 10.2. The molecule has 1 N–H and O–H groups in total. The summed E-state index contributed by atoms with van der Waals surface area (Å²) >= 11 is 0. The Balaban J connectivity index is 2.28. The lowest BCUT2D eigenvalue weighted by molar-refractivity contribution is 0.0373. The van der Waals surface area contributed by atoms with Crippen molar-refractivity contribution in [3.63, 3.8) is 0 Å². The van der Waals surface area contributed by atoms with Gasteiger partial charge in [0.05, 0.1) is 6.61 Å². The van der Waals surface area contributed by atoms with Crippen molar-refractivity contribution in [2.45, 2.75) is 0 Å². The molecule has 4 nitrogen and oxygen atoms in total. The fourth-order valence-corrected chi connectivity index (χ4v) is 1.24. The van der Waals surface area contributed by atoms with E-state index in [9.17, 15) is 9.00 Å². The second-order valence-corrected chi connectivity index (χ2v) is 4.48. The van der Waals surface area contributed by atoms with Crippen molar-refractivity contribution in [1.29, 1.82) is 0 Å². The highest BCUT2D eigenvalue weighted by Gasteiger charge is 2.03. The van der Waals surface area contributed by atoms with E-state index in [4.69, 9.17) is 4.84 Å². The SMILES string of the molecule is CS(=O)CCONC(=O)c1ccccc1. The lowest BCUT2D eigenvalue weighted by Gasteiger charge is -2.04. The Bertz CT molecular complexity index is 340. The summed E-state index contributed by atoms with van der Waals surface area (Å²) in [6, 6.07) is 8.76. The molecule has 1 amide bonds. The van der Waals surface area contributed by atoms with E-state index in [0.717, 1.165) is 0 Å². The van der Waals surface area contributed by atoms with Gasteiger partial charge in [0.15, 0.2) is 0 Å². The smallest absolute Gasteiger partial charge is 0.272 e. The first-order valence-electron chi connectivity index (χ1n) is 4.47. The molecule has 0 bridgehead atoms. The molecule has 0 aliphatic rings. The number of benzene rings is 1. The summed E-state index contributed by atoms with van der Waals surface area (Å²) in [4.78, 5) is 16.2. The molecule has 82 valence electrons. The highest BCUT2D eigenvalue weighted by atomic mass is 32.2. The summed E-state index contributed by atoms with van der Waals surface area (Å²) in [7, 11) is -0.901. The third-order valence-corrected chi connectivity index (χ3v) is 2.42. The first kappa shape index (κ1) is 11.9. The molecule has 0 saturated carbocycles. The van der Waals surface area contributed by atoms with Crippen molar-refractivity contribution in [2.75, 3.05) is 18.6 Å². The van der Waals surface area contributed by atoms with Crippen LogP contribution in [0.2, 0.25) is 0 Å². The van der Waals surface area contributed by atoms with E-state index in [0.29, 0.717) is 11.3 Å². The van der Waals surface area contributed by atoms with Gasteiger partial charge in [0.1, 0.15) is 0 Å². The zero-order valence-electron chi connectivity index (χ0n) is 8.43. The predicted octanol–water partition coefficient (Wildman–Crippen LogP) is 0.726. The maximum atomic E-state index is 11.4. The first-order chi connectivity index (χ1) is 7.20. The molecule has 1 rings (SSSR count). The van der Waals surface area contributed by atoms with Crippen LogP contribution < -0.4 is 5.48 Å². The van der Waals surface area contributed by atoms with Crippen molar-refractivity contribution >= 4 is 16.7 Å². The Labute approximate surface area is 91.0 Å². The van der Waals surface area contributed by atoms with Crippen LogP contribution in [0.15, 0.2) is 30.3 Å². The minimum atomic E-state index is -0.901. The van der Waals surface area contributed by atoms with Crippen molar-refractivity contribution in [2.24, 2.45) is 0 Å². The van der Waals surface area contributed by atoms with Crippen molar-refractivity contribution in [1.82, 2.24) is 5.48 Å². The van der Waals surface area contributed by atoms with E-state index in [1.165, 1.54) is 0 Å². The van der Waals surface area contributed by atoms with E-state index in [-0.39, 0.29) is 12.5 Å². The number of nitrogens with one attached hydrogen (secondary N) is 1. The van der Waals surface area contributed by atoms with Crippen molar-refractivity contribution < 1.29 is 13.8 Å². The van der Waals surface area contributed by atoms with Gasteiger partial charge in [-0.1, -0.05) is 18.2 Å². The Kier molecular flexibility index (Phi) is 5.00. The van der Waals surface area contributed by atoms with Gasteiger partial charge in [-0.15, -0.1) is 0 Å². The van der Waals surface area contributed by atoms with E-state index >= 15 is 0 Å². The van der Waals surface area contributed by atoms with Crippen LogP contribution in [-0.4, -0.2) is 28.7 Å². The lowest BCUT2D eigenvalue weighted by Crippen LogP contribution is -2.25. The van der Waals surface area contributed by atoms with Gasteiger partial charge in [-0.25, -0.2) is 5.48 Å². The van der Waals surface area contributed by atoms with Crippen LogP contribution in [0.3, 0.4) is 0 Å². The zero-order chi connectivity index (χ0) is 11.1. The molecule has 0 radical (unpaired) electrons. The molecule has 0 aromatic heterocycles. The molecule has 15 heavy (non-hydrogen) atoms. The third-order valence-electron chi connectivity index (χ3n) is 1.67. The largest absolute Gasteiger partial charge is 0.274 e. The number of carbonyl (C=O) groups is 1. The molecule has 1 aromatic carbocycles. The fourth-order valence-electron chi connectivity index (χ4n) is 0.924. The van der Waals surface area contributed by atoms with Crippen LogP contribution in [0.5, 0.6) is 0 Å². The molecule has 0 fully saturated rings. The molecule has 0 saturated heterocycles. The van der Waals surface area contributed by atoms with Crippen LogP contribution in [0.4, 0.5) is 0 Å². The van der Waals surface area contributed by atoms with Crippen LogP contribution in [0.25, 0.3) is 0 Å². The average molecular weight is 227 g/mol. The molecule has 0 spiro atoms. The Morgan fingerprint density at radius 3 is 2.67 bits per heavy atom. The van der Waals surface area contributed by atoms with Gasteiger partial charge in [0, 0.05) is 28.4 Å². The van der Waals surface area contributed by atoms with Crippen LogP contribution in [0.1, 0.15) is 10.4 Å². The van der Waals surface area contributed by atoms with Gasteiger partial charge in [0.2, 0.25) is 0 Å². The summed E-state index contributed by atoms with van der Waals surface area (Å²) < 4.78 is 10.7. The second-order valence-electron chi connectivity index (χ2n) is 2.92. The van der Waals surface area contributed by atoms with Gasteiger partial charge in [-0.05, 0) is 12.1 Å². The molecular formula is C10H13NO3S. The minimum absolute atomic E-state index is 0.252. The summed E-state index contributed by atoms with van der Waals surface area (Å²) in [5, 5.41) is 0. The van der Waals surface area contributed by atoms with Crippen LogP contribution >= 0.6 is 0 Å². The van der Waals surface area contributed by atoms with Gasteiger partial charge < -0.3 is 0 Å². The van der Waals surface area contributed by atoms with Crippen molar-refractivity contribution in [3.05, 3.63) is 35.9 Å². The maximum Gasteiger partial charge on any atom is 0.274 e. The van der Waals surface area contributed by atoms with Crippen LogP contribution in [-0.2, 0) is 15.6 Å². The Hall–Kier alpha value is -1.20. The number of rotatable bonds is 5. The number of carbonyl (C=O) groups excluding carboxylic acids is 1. The Morgan fingerprint density at radius 1 is 1.40 bits per heavy atom. The predicted molar refractivity (Wildman–Crippen MR) is 58.8 cm³/mol. The summed E-state index contributed by atoms with van der Waals surface area (Å²) in [5.41, 5.74) is 2.82. The van der Waals surface area contributed by atoms with E-state index in [1.54, 1.807) is 30.5 Å². The normalized spacial score (nSPS) is 12.1. The number of hydroxylamine groups is 1. The average Bonchev–Trinajstić information content (AvgIpc) is 2.25. The number of amides is 1. The zero-order valence-corrected chi connectivity index (χ0v) is 9.25. The number of hydrogen-bond acceptors (Lipinski definition) is 3. The van der Waals surface area contributed by atoms with Gasteiger partial charge in [0.25, 0.3) is 5.91 Å². The standard InChI is InChI=1S/C10H13NO3S/c1-15(13)8-7-14-11-10(12)9-5-3-2-4-6-9/h2-6H,7-8H2,1H3,(H,11,12). The molecule has 0 aliphatic heterocycles. The minimum Gasteiger partial charge on any atom is -0.272 e. The third kappa shape index (κ3) is 4.71. The van der Waals surface area contributed by atoms with Crippen LogP contribution in [0, 0.1) is 0 Å². The van der Waals surface area contributed by atoms with Gasteiger partial charge in [-0.2, -0.15) is 0 Å². The maximum absolute atomic E-state index is 11.4. The molecule has 0 heterocycles. The summed E-state index contributed by atoms with van der Waals surface area (Å²) in [6.07, 6.45) is 1.59. The van der Waals surface area contributed by atoms with Crippen molar-refractivity contribution in [3.8, 4) is 0 Å². The molecule has 1 aromatic rings. The number of hydrogen-bond donors (Lipinski definition) is 1. The first-order valence-corrected chi connectivity index (χ1v) is 6.20. The van der Waals surface area contributed by atoms with E-state index in [1.807, 2.05) is 6.07 Å². The summed E-state index contributed by atoms with van der Waals surface area (Å²) in [6.45, 7) is 0.252. The topological polar surface area (TPSA) is 55.4 Å². The quantitative estimate of drug-likeness (QED) is 0.596. The van der Waals surface area contributed by atoms with E-state index in [2.05, 4.69) is 5.48 Å². The highest BCUT2D eigenvalue weighted by Crippen LogP contribution is 1.97. The molecule has 0 aliphatic carbocycles. The molecular weight excluding hydrogens is 214 g/mol. The van der Waals surface area contributed by atoms with Gasteiger partial charge in [-0.3, -0.25) is 13.8 Å².